The summed E-state index contributed by atoms with van der Waals surface area (Å²) < 4.78 is 0. The average molecular weight is 300 g/mol. The van der Waals surface area contributed by atoms with Crippen LogP contribution in [0.15, 0.2) is 34.9 Å². The highest BCUT2D eigenvalue weighted by atomic mass is 16.1. The largest absolute Gasteiger partial charge is 0.295 e. The molecule has 0 saturated heterocycles. The molecule has 0 heterocycles. The van der Waals surface area contributed by atoms with E-state index in [4.69, 9.17) is 0 Å². The Morgan fingerprint density at radius 2 is 1.95 bits per heavy atom. The Kier molecular flexibility index (Phi) is 4.89. The van der Waals surface area contributed by atoms with Crippen LogP contribution in [-0.2, 0) is 9.59 Å². The van der Waals surface area contributed by atoms with Crippen LogP contribution in [0.5, 0.6) is 0 Å². The third-order valence-corrected chi connectivity index (χ3v) is 5.39. The predicted octanol–water partition coefficient (Wildman–Crippen LogP) is 4.81. The monoisotopic (exact) mass is 300 g/mol. The molecule has 0 spiro atoms. The maximum atomic E-state index is 12.0. The van der Waals surface area contributed by atoms with E-state index in [1.807, 2.05) is 19.9 Å². The lowest BCUT2D eigenvalue weighted by Gasteiger charge is -2.47. The molecule has 120 valence electrons. The zero-order valence-electron chi connectivity index (χ0n) is 14.5. The number of ketones is 2. The van der Waals surface area contributed by atoms with Gasteiger partial charge in [0.25, 0.3) is 0 Å². The van der Waals surface area contributed by atoms with Crippen LogP contribution in [0.2, 0.25) is 0 Å². The van der Waals surface area contributed by atoms with Gasteiger partial charge in [-0.15, -0.1) is 0 Å². The van der Waals surface area contributed by atoms with E-state index in [1.54, 1.807) is 12.2 Å². The molecule has 2 nitrogen and oxygen atoms in total. The summed E-state index contributed by atoms with van der Waals surface area (Å²) in [4.78, 5) is 23.8. The summed E-state index contributed by atoms with van der Waals surface area (Å²) in [6.45, 7) is 10.3. The minimum absolute atomic E-state index is 0.0944. The van der Waals surface area contributed by atoms with Crippen LogP contribution >= 0.6 is 0 Å². The molecule has 0 aromatic rings. The number of hydrogen-bond donors (Lipinski definition) is 0. The van der Waals surface area contributed by atoms with Gasteiger partial charge in [-0.2, -0.15) is 0 Å². The first kappa shape index (κ1) is 16.9. The summed E-state index contributed by atoms with van der Waals surface area (Å²) in [5.41, 5.74) is 3.58. The molecule has 0 radical (unpaired) electrons. The summed E-state index contributed by atoms with van der Waals surface area (Å²) in [6.07, 6.45) is 9.23. The maximum absolute atomic E-state index is 12.0. The molecule has 0 aromatic heterocycles. The molecule has 22 heavy (non-hydrogen) atoms. The van der Waals surface area contributed by atoms with Crippen LogP contribution in [0.1, 0.15) is 60.3 Å². The van der Waals surface area contributed by atoms with Crippen molar-refractivity contribution >= 4 is 11.6 Å². The highest BCUT2D eigenvalue weighted by Gasteiger charge is 2.44. The minimum Gasteiger partial charge on any atom is -0.295 e. The summed E-state index contributed by atoms with van der Waals surface area (Å²) in [6, 6.07) is 0. The van der Waals surface area contributed by atoms with Gasteiger partial charge in [0, 0.05) is 6.42 Å². The van der Waals surface area contributed by atoms with E-state index in [9.17, 15) is 9.59 Å². The molecule has 0 aliphatic heterocycles. The van der Waals surface area contributed by atoms with Crippen molar-refractivity contribution in [2.24, 2.45) is 17.3 Å². The van der Waals surface area contributed by atoms with Crippen LogP contribution in [0, 0.1) is 17.3 Å². The van der Waals surface area contributed by atoms with Gasteiger partial charge in [0.1, 0.15) is 0 Å². The van der Waals surface area contributed by atoms with Gasteiger partial charge in [-0.3, -0.25) is 9.59 Å². The molecule has 2 aliphatic carbocycles. The third-order valence-electron chi connectivity index (χ3n) is 5.39. The molecule has 0 amide bonds. The number of allylic oxidation sites excluding steroid dienone is 6. The Hall–Kier alpha value is -1.44. The molecule has 3 atom stereocenters. The van der Waals surface area contributed by atoms with Gasteiger partial charge in [0.15, 0.2) is 11.6 Å². The molecule has 0 unspecified atom stereocenters. The smallest absolute Gasteiger partial charge is 0.178 e. The summed E-state index contributed by atoms with van der Waals surface area (Å²) in [5, 5.41) is 0. The van der Waals surface area contributed by atoms with Gasteiger partial charge in [-0.1, -0.05) is 23.6 Å². The van der Waals surface area contributed by atoms with E-state index in [1.165, 1.54) is 11.1 Å². The molecule has 2 heteroatoms. The fourth-order valence-electron chi connectivity index (χ4n) is 4.20. The van der Waals surface area contributed by atoms with E-state index >= 15 is 0 Å². The highest BCUT2D eigenvalue weighted by molar-refractivity contribution is 6.00. The predicted molar refractivity (Wildman–Crippen MR) is 90.5 cm³/mol. The van der Waals surface area contributed by atoms with E-state index in [2.05, 4.69) is 20.8 Å². The van der Waals surface area contributed by atoms with E-state index in [-0.39, 0.29) is 17.0 Å². The molecule has 0 bridgehead atoms. The zero-order valence-corrected chi connectivity index (χ0v) is 14.5. The molecule has 0 aromatic carbocycles. The Balaban J connectivity index is 2.16. The van der Waals surface area contributed by atoms with Gasteiger partial charge in [0.05, 0.1) is 0 Å². The van der Waals surface area contributed by atoms with E-state index < -0.39 is 0 Å². The molecule has 0 N–H and O–H groups in total. The topological polar surface area (TPSA) is 34.1 Å². The van der Waals surface area contributed by atoms with Gasteiger partial charge < -0.3 is 0 Å². The number of carbonyl (C=O) groups excluding carboxylic acids is 2. The van der Waals surface area contributed by atoms with Crippen LogP contribution in [0.4, 0.5) is 0 Å². The number of rotatable bonds is 3. The van der Waals surface area contributed by atoms with Crippen molar-refractivity contribution in [3.63, 3.8) is 0 Å². The molecule has 1 fully saturated rings. The fourth-order valence-corrected chi connectivity index (χ4v) is 4.20. The number of fused-ring (bicyclic) bond motifs is 1. The van der Waals surface area contributed by atoms with Crippen molar-refractivity contribution in [3.05, 3.63) is 34.9 Å². The molecule has 1 saturated carbocycles. The van der Waals surface area contributed by atoms with Crippen molar-refractivity contribution < 1.29 is 9.59 Å². The highest BCUT2D eigenvalue weighted by Crippen LogP contribution is 2.52. The summed E-state index contributed by atoms with van der Waals surface area (Å²) >= 11 is 0. The lowest BCUT2D eigenvalue weighted by Crippen LogP contribution is -2.39. The second-order valence-electron chi connectivity index (χ2n) is 7.72. The van der Waals surface area contributed by atoms with Gasteiger partial charge in [-0.25, -0.2) is 0 Å². The number of carbonyl (C=O) groups is 2. The third kappa shape index (κ3) is 3.66. The zero-order chi connectivity index (χ0) is 16.5. The van der Waals surface area contributed by atoms with Crippen molar-refractivity contribution in [3.8, 4) is 0 Å². The lowest BCUT2D eigenvalue weighted by molar-refractivity contribution is -0.119. The van der Waals surface area contributed by atoms with Crippen LogP contribution in [-0.4, -0.2) is 11.6 Å². The Morgan fingerprint density at radius 1 is 1.27 bits per heavy atom. The van der Waals surface area contributed by atoms with Crippen LogP contribution < -0.4 is 0 Å². The number of hydrogen-bond acceptors (Lipinski definition) is 2. The Morgan fingerprint density at radius 3 is 2.59 bits per heavy atom. The standard InChI is InChI=1S/C20H28O2/c1-13(2)8-17(21)9-14(3)16-6-7-20(5)12-18(22)10-15(4)19(20)11-16/h8-10,16,19H,6-7,11-12H2,1-5H3/b14-9+/t16-,19+,20+/m0/s1. The summed E-state index contributed by atoms with van der Waals surface area (Å²) in [7, 11) is 0. The first-order valence-corrected chi connectivity index (χ1v) is 8.29. The first-order chi connectivity index (χ1) is 10.2. The van der Waals surface area contributed by atoms with Crippen molar-refractivity contribution in [1.29, 1.82) is 0 Å². The second-order valence-corrected chi connectivity index (χ2v) is 7.72. The van der Waals surface area contributed by atoms with Crippen molar-refractivity contribution in [2.45, 2.75) is 60.3 Å². The van der Waals surface area contributed by atoms with Gasteiger partial charge in [-0.05, 0) is 82.4 Å². The lowest BCUT2D eigenvalue weighted by atomic mass is 9.57. The summed E-state index contributed by atoms with van der Waals surface area (Å²) in [5.74, 6) is 1.31. The Bertz CT molecular complexity index is 573. The average Bonchev–Trinajstić information content (AvgIpc) is 2.35. The molecular formula is C20H28O2. The van der Waals surface area contributed by atoms with Crippen LogP contribution in [0.3, 0.4) is 0 Å². The molecule has 2 aliphatic rings. The van der Waals surface area contributed by atoms with Crippen molar-refractivity contribution in [1.82, 2.24) is 0 Å². The maximum Gasteiger partial charge on any atom is 0.178 e. The fraction of sp³-hybridized carbons (Fsp3) is 0.600. The molecule has 2 rings (SSSR count). The normalized spacial score (nSPS) is 32.1. The minimum atomic E-state index is 0.0944. The quantitative estimate of drug-likeness (QED) is 0.701. The Labute approximate surface area is 134 Å². The molecular weight excluding hydrogens is 272 g/mol. The van der Waals surface area contributed by atoms with Crippen molar-refractivity contribution in [2.75, 3.05) is 0 Å². The first-order valence-electron chi connectivity index (χ1n) is 8.29. The SMILES string of the molecule is CC(C)=CC(=O)/C=C(\C)[C@H]1CC[C@]2(C)CC(=O)C=C(C)[C@H]2C1. The van der Waals surface area contributed by atoms with Gasteiger partial charge in [0.2, 0.25) is 0 Å². The van der Waals surface area contributed by atoms with E-state index in [0.717, 1.165) is 24.8 Å². The van der Waals surface area contributed by atoms with E-state index in [0.29, 0.717) is 18.3 Å². The van der Waals surface area contributed by atoms with Crippen LogP contribution in [0.25, 0.3) is 0 Å². The second kappa shape index (κ2) is 6.36. The van der Waals surface area contributed by atoms with Gasteiger partial charge >= 0.3 is 0 Å².